The molecule has 0 fully saturated rings. The molecule has 1 N–H and O–H groups in total. The number of methoxy groups -OCH3 is 1. The van der Waals surface area contributed by atoms with Gasteiger partial charge in [-0.3, -0.25) is 4.99 Å². The van der Waals surface area contributed by atoms with Crippen molar-refractivity contribution >= 4 is 15.9 Å². The Morgan fingerprint density at radius 2 is 1.91 bits per heavy atom. The fourth-order valence-electron chi connectivity index (χ4n) is 2.01. The number of hydrogen-bond acceptors (Lipinski definition) is 5. The number of aliphatic hydroxyl groups is 1. The number of likely N-dealkylation sites (N-methyl/N-ethyl adjacent to an activating group) is 1. The molecule has 1 unspecified atom stereocenters. The number of benzene rings is 1. The summed E-state index contributed by atoms with van der Waals surface area (Å²) in [6.07, 6.45) is -0.877. The van der Waals surface area contributed by atoms with Crippen molar-refractivity contribution < 1.29 is 22.7 Å². The van der Waals surface area contributed by atoms with Gasteiger partial charge in [0.05, 0.1) is 18.2 Å². The summed E-state index contributed by atoms with van der Waals surface area (Å²) in [5.74, 6) is -0.501. The molecular weight excluding hydrogens is 313 g/mol. The molecule has 2 rings (SSSR count). The van der Waals surface area contributed by atoms with Crippen molar-refractivity contribution in [3.05, 3.63) is 36.3 Å². The Hall–Kier alpha value is -2.13. The number of aliphatic imine (C=N–C) groups is 1. The van der Waals surface area contributed by atoms with Crippen molar-refractivity contribution in [3.63, 3.8) is 0 Å². The number of sulfonamides is 1. The zero-order valence-corrected chi connectivity index (χ0v) is 13.1. The molecule has 0 spiro atoms. The maximum absolute atomic E-state index is 13.9. The third-order valence-corrected chi connectivity index (χ3v) is 4.93. The van der Waals surface area contributed by atoms with E-state index in [9.17, 15) is 17.9 Å². The molecule has 9 heteroatoms. The molecule has 0 saturated heterocycles. The van der Waals surface area contributed by atoms with Crippen molar-refractivity contribution in [3.8, 4) is 5.75 Å². The molecular formula is C13H16FN3O4S. The Balaban J connectivity index is 2.46. The molecule has 1 aliphatic rings. The van der Waals surface area contributed by atoms with Crippen LogP contribution in [0, 0.1) is 0 Å². The summed E-state index contributed by atoms with van der Waals surface area (Å²) in [6, 6.07) is 5.56. The smallest absolute Gasteiger partial charge is 0.267 e. The summed E-state index contributed by atoms with van der Waals surface area (Å²) >= 11 is 0. The van der Waals surface area contributed by atoms with Crippen LogP contribution in [-0.4, -0.2) is 56.1 Å². The second-order valence-corrected chi connectivity index (χ2v) is 6.34. The molecule has 0 saturated carbocycles. The summed E-state index contributed by atoms with van der Waals surface area (Å²) < 4.78 is 44.5. The molecule has 0 amide bonds. The molecule has 1 aromatic rings. The summed E-state index contributed by atoms with van der Waals surface area (Å²) in [5.41, 5.74) is 0. The highest BCUT2D eigenvalue weighted by molar-refractivity contribution is 7.89. The van der Waals surface area contributed by atoms with Gasteiger partial charge in [0, 0.05) is 14.1 Å². The Morgan fingerprint density at radius 1 is 1.32 bits per heavy atom. The van der Waals surface area contributed by atoms with E-state index in [0.29, 0.717) is 16.3 Å². The topological polar surface area (TPSA) is 82.4 Å². The van der Waals surface area contributed by atoms with Gasteiger partial charge in [-0.15, -0.1) is 0 Å². The molecule has 1 aliphatic heterocycles. The van der Waals surface area contributed by atoms with Crippen LogP contribution in [0.3, 0.4) is 0 Å². The second-order valence-electron chi connectivity index (χ2n) is 4.49. The molecule has 1 atom stereocenters. The lowest BCUT2D eigenvalue weighted by Gasteiger charge is -2.37. The van der Waals surface area contributed by atoms with Crippen LogP contribution in [-0.2, 0) is 10.0 Å². The minimum absolute atomic E-state index is 0.0957. The van der Waals surface area contributed by atoms with E-state index in [1.165, 1.54) is 45.5 Å². The van der Waals surface area contributed by atoms with Crippen molar-refractivity contribution in [2.45, 2.75) is 11.2 Å². The first-order chi connectivity index (χ1) is 10.3. The van der Waals surface area contributed by atoms with Crippen molar-refractivity contribution in [1.82, 2.24) is 9.21 Å². The minimum Gasteiger partial charge on any atom is -0.497 e. The first-order valence-corrected chi connectivity index (χ1v) is 7.70. The van der Waals surface area contributed by atoms with E-state index in [1.807, 2.05) is 0 Å². The number of amidine groups is 1. The normalized spacial score (nSPS) is 21.0. The van der Waals surface area contributed by atoms with Gasteiger partial charge in [-0.2, -0.15) is 0 Å². The van der Waals surface area contributed by atoms with Crippen molar-refractivity contribution in [1.29, 1.82) is 0 Å². The highest BCUT2D eigenvalue weighted by Crippen LogP contribution is 2.26. The van der Waals surface area contributed by atoms with Gasteiger partial charge >= 0.3 is 0 Å². The number of aliphatic hydroxyl groups excluding tert-OH is 1. The van der Waals surface area contributed by atoms with E-state index in [-0.39, 0.29) is 10.7 Å². The lowest BCUT2D eigenvalue weighted by atomic mass is 10.3. The van der Waals surface area contributed by atoms with Crippen LogP contribution < -0.4 is 4.74 Å². The van der Waals surface area contributed by atoms with Crippen LogP contribution in [0.25, 0.3) is 0 Å². The van der Waals surface area contributed by atoms with Crippen LogP contribution in [0.2, 0.25) is 0 Å². The predicted molar refractivity (Wildman–Crippen MR) is 78.3 cm³/mol. The van der Waals surface area contributed by atoms with Gasteiger partial charge < -0.3 is 14.7 Å². The number of hydrogen-bond donors (Lipinski definition) is 1. The number of ether oxygens (including phenoxy) is 1. The summed E-state index contributed by atoms with van der Waals surface area (Å²) in [6.45, 7) is 0. The zero-order valence-electron chi connectivity index (χ0n) is 12.3. The Morgan fingerprint density at radius 3 is 2.41 bits per heavy atom. The maximum atomic E-state index is 13.9. The van der Waals surface area contributed by atoms with Crippen LogP contribution >= 0.6 is 0 Å². The number of rotatable bonds is 3. The summed E-state index contributed by atoms with van der Waals surface area (Å²) in [5, 5.41) is 10.1. The SMILES string of the molecule is C/N=C1\C(F)=CN(S(=O)(=O)c2ccc(OC)cc2)C(O)N1C. The summed E-state index contributed by atoms with van der Waals surface area (Å²) in [4.78, 5) is 4.60. The monoisotopic (exact) mass is 329 g/mol. The lowest BCUT2D eigenvalue weighted by molar-refractivity contribution is -0.00987. The number of nitrogens with zero attached hydrogens (tertiary/aromatic N) is 3. The first kappa shape index (κ1) is 16.2. The Labute approximate surface area is 128 Å². The average molecular weight is 329 g/mol. The summed E-state index contributed by atoms with van der Waals surface area (Å²) in [7, 11) is 0.0262. The maximum Gasteiger partial charge on any atom is 0.267 e. The standard InChI is InChI=1S/C13H16FN3O4S/c1-15-12-11(14)8-17(13(18)16(12)2)22(19,20)10-6-4-9(21-3)5-7-10/h4-8,13,18H,1-3H3/b15-12+. The van der Waals surface area contributed by atoms with Crippen LogP contribution in [0.1, 0.15) is 0 Å². The van der Waals surface area contributed by atoms with E-state index >= 15 is 0 Å². The van der Waals surface area contributed by atoms with E-state index in [0.717, 1.165) is 4.90 Å². The van der Waals surface area contributed by atoms with Crippen molar-refractivity contribution in [2.75, 3.05) is 21.2 Å². The highest BCUT2D eigenvalue weighted by Gasteiger charge is 2.37. The first-order valence-electron chi connectivity index (χ1n) is 6.26. The lowest BCUT2D eigenvalue weighted by Crippen LogP contribution is -2.52. The highest BCUT2D eigenvalue weighted by atomic mass is 32.2. The van der Waals surface area contributed by atoms with Crippen LogP contribution in [0.5, 0.6) is 5.75 Å². The molecule has 0 aromatic heterocycles. The fourth-order valence-corrected chi connectivity index (χ4v) is 3.36. The fraction of sp³-hybridized carbons (Fsp3) is 0.308. The molecule has 1 aromatic carbocycles. The molecule has 0 bridgehead atoms. The molecule has 22 heavy (non-hydrogen) atoms. The molecule has 120 valence electrons. The van der Waals surface area contributed by atoms with Crippen LogP contribution in [0.15, 0.2) is 46.2 Å². The molecule has 1 heterocycles. The third kappa shape index (κ3) is 2.64. The molecule has 0 radical (unpaired) electrons. The molecule has 0 aliphatic carbocycles. The van der Waals surface area contributed by atoms with E-state index in [1.54, 1.807) is 0 Å². The Bertz CT molecular complexity index is 715. The van der Waals surface area contributed by atoms with Gasteiger partial charge in [0.15, 0.2) is 11.7 Å². The largest absolute Gasteiger partial charge is 0.497 e. The van der Waals surface area contributed by atoms with Gasteiger partial charge in [0.25, 0.3) is 10.0 Å². The quantitative estimate of drug-likeness (QED) is 0.885. The predicted octanol–water partition coefficient (Wildman–Crippen LogP) is 0.746. The third-order valence-electron chi connectivity index (χ3n) is 3.21. The molecule has 7 nitrogen and oxygen atoms in total. The van der Waals surface area contributed by atoms with E-state index in [4.69, 9.17) is 4.74 Å². The Kier molecular flexibility index (Phi) is 4.38. The van der Waals surface area contributed by atoms with Crippen LogP contribution in [0.4, 0.5) is 4.39 Å². The van der Waals surface area contributed by atoms with Gasteiger partial charge in [-0.1, -0.05) is 0 Å². The van der Waals surface area contributed by atoms with E-state index in [2.05, 4.69) is 4.99 Å². The second kappa shape index (κ2) is 5.93. The van der Waals surface area contributed by atoms with Gasteiger partial charge in [-0.25, -0.2) is 17.1 Å². The zero-order chi connectivity index (χ0) is 16.5. The average Bonchev–Trinajstić information content (AvgIpc) is 2.51. The minimum atomic E-state index is -4.12. The van der Waals surface area contributed by atoms with Gasteiger partial charge in [-0.05, 0) is 24.3 Å². The van der Waals surface area contributed by atoms with Gasteiger partial charge in [0.1, 0.15) is 5.75 Å². The van der Waals surface area contributed by atoms with Crippen molar-refractivity contribution in [2.24, 2.45) is 4.99 Å². The number of halogens is 1. The van der Waals surface area contributed by atoms with E-state index < -0.39 is 22.2 Å². The van der Waals surface area contributed by atoms with Gasteiger partial charge in [0.2, 0.25) is 6.35 Å².